The standard InChI is InChI=1S/C21H26FN3O3/c1-13-18(14(2)25(23-13)16-9-7-6-8-15(16)22)17-12-28-11-10-24(17)20(27)19(26)21(3,4)5/h6-9,17H,10-12H2,1-5H3. The Hall–Kier alpha value is -2.54. The minimum atomic E-state index is -0.763. The van der Waals surface area contributed by atoms with E-state index in [1.165, 1.54) is 6.07 Å². The molecule has 1 saturated heterocycles. The molecule has 2 aromatic rings. The Morgan fingerprint density at radius 2 is 1.89 bits per heavy atom. The summed E-state index contributed by atoms with van der Waals surface area (Å²) in [5.41, 5.74) is 1.77. The summed E-state index contributed by atoms with van der Waals surface area (Å²) in [6, 6.07) is 5.97. The fraction of sp³-hybridized carbons (Fsp3) is 0.476. The van der Waals surface area contributed by atoms with Gasteiger partial charge < -0.3 is 9.64 Å². The van der Waals surface area contributed by atoms with Crippen LogP contribution in [0.15, 0.2) is 24.3 Å². The van der Waals surface area contributed by atoms with E-state index >= 15 is 0 Å². The lowest BCUT2D eigenvalue weighted by Gasteiger charge is -2.36. The lowest BCUT2D eigenvalue weighted by molar-refractivity contribution is -0.154. The molecule has 150 valence electrons. The number of morpholine rings is 1. The first-order valence-electron chi connectivity index (χ1n) is 9.37. The number of hydrogen-bond donors (Lipinski definition) is 0. The van der Waals surface area contributed by atoms with Crippen molar-refractivity contribution in [3.8, 4) is 5.69 Å². The lowest BCUT2D eigenvalue weighted by Crippen LogP contribution is -2.49. The van der Waals surface area contributed by atoms with Gasteiger partial charge in [-0.3, -0.25) is 9.59 Å². The molecule has 3 rings (SSSR count). The topological polar surface area (TPSA) is 64.4 Å². The number of nitrogens with zero attached hydrogens (tertiary/aromatic N) is 3. The number of benzene rings is 1. The first-order chi connectivity index (χ1) is 13.1. The quantitative estimate of drug-likeness (QED) is 0.759. The van der Waals surface area contributed by atoms with Gasteiger partial charge in [-0.15, -0.1) is 0 Å². The number of para-hydroxylation sites is 1. The minimum absolute atomic E-state index is 0.272. The predicted octanol–water partition coefficient (Wildman–Crippen LogP) is 3.14. The molecule has 1 fully saturated rings. The van der Waals surface area contributed by atoms with Crippen LogP contribution in [0.4, 0.5) is 4.39 Å². The van der Waals surface area contributed by atoms with E-state index in [1.54, 1.807) is 48.6 Å². The third-order valence-electron chi connectivity index (χ3n) is 5.03. The van der Waals surface area contributed by atoms with E-state index in [-0.39, 0.29) is 12.4 Å². The Labute approximate surface area is 164 Å². The highest BCUT2D eigenvalue weighted by molar-refractivity contribution is 6.37. The fourth-order valence-corrected chi connectivity index (χ4v) is 3.53. The molecule has 7 heteroatoms. The second kappa shape index (κ2) is 7.47. The highest BCUT2D eigenvalue weighted by atomic mass is 19.1. The Kier molecular flexibility index (Phi) is 5.39. The fourth-order valence-electron chi connectivity index (χ4n) is 3.53. The Bertz CT molecular complexity index is 914. The zero-order valence-corrected chi connectivity index (χ0v) is 17.0. The SMILES string of the molecule is Cc1nn(-c2ccccc2F)c(C)c1C1COCCN1C(=O)C(=O)C(C)(C)C. The molecule has 0 radical (unpaired) electrons. The summed E-state index contributed by atoms with van der Waals surface area (Å²) in [6.07, 6.45) is 0. The lowest BCUT2D eigenvalue weighted by atomic mass is 9.89. The summed E-state index contributed by atoms with van der Waals surface area (Å²) in [4.78, 5) is 27.1. The molecule has 1 aromatic carbocycles. The summed E-state index contributed by atoms with van der Waals surface area (Å²) in [7, 11) is 0. The smallest absolute Gasteiger partial charge is 0.291 e. The minimum Gasteiger partial charge on any atom is -0.377 e. The van der Waals surface area contributed by atoms with Crippen LogP contribution in [0.3, 0.4) is 0 Å². The zero-order chi connectivity index (χ0) is 20.6. The largest absolute Gasteiger partial charge is 0.377 e. The van der Waals surface area contributed by atoms with Crippen molar-refractivity contribution in [1.82, 2.24) is 14.7 Å². The van der Waals surface area contributed by atoms with E-state index in [2.05, 4.69) is 5.10 Å². The van der Waals surface area contributed by atoms with Crippen LogP contribution < -0.4 is 0 Å². The van der Waals surface area contributed by atoms with Gasteiger partial charge in [0.15, 0.2) is 0 Å². The van der Waals surface area contributed by atoms with Crippen LogP contribution in [0.2, 0.25) is 0 Å². The van der Waals surface area contributed by atoms with Crippen molar-refractivity contribution in [1.29, 1.82) is 0 Å². The summed E-state index contributed by atoms with van der Waals surface area (Å²) in [5, 5.41) is 4.50. The third-order valence-corrected chi connectivity index (χ3v) is 5.03. The number of amides is 1. The third kappa shape index (κ3) is 3.58. The van der Waals surface area contributed by atoms with Crippen molar-refractivity contribution in [3.63, 3.8) is 0 Å². The van der Waals surface area contributed by atoms with E-state index in [0.29, 0.717) is 24.5 Å². The number of hydrogen-bond acceptors (Lipinski definition) is 4. The van der Waals surface area contributed by atoms with Crippen LogP contribution in [-0.2, 0) is 14.3 Å². The van der Waals surface area contributed by atoms with Gasteiger partial charge in [0.25, 0.3) is 5.91 Å². The molecular formula is C21H26FN3O3. The summed E-state index contributed by atoms with van der Waals surface area (Å²) in [6.45, 7) is 9.83. The number of carbonyl (C=O) groups excluding carboxylic acids is 2. The number of ketones is 1. The summed E-state index contributed by atoms with van der Waals surface area (Å²) in [5.74, 6) is -1.33. The maximum atomic E-state index is 14.3. The number of carbonyl (C=O) groups is 2. The number of halogens is 1. The van der Waals surface area contributed by atoms with Gasteiger partial charge in [-0.05, 0) is 26.0 Å². The Morgan fingerprint density at radius 3 is 2.54 bits per heavy atom. The van der Waals surface area contributed by atoms with Gasteiger partial charge >= 0.3 is 0 Å². The molecule has 1 amide bonds. The van der Waals surface area contributed by atoms with Gasteiger partial charge in [-0.2, -0.15) is 5.10 Å². The van der Waals surface area contributed by atoms with Crippen molar-refractivity contribution in [2.45, 2.75) is 40.7 Å². The van der Waals surface area contributed by atoms with Crippen LogP contribution in [0.5, 0.6) is 0 Å². The molecule has 1 aliphatic rings. The van der Waals surface area contributed by atoms with Crippen LogP contribution in [0.1, 0.15) is 43.8 Å². The summed E-state index contributed by atoms with van der Waals surface area (Å²) >= 11 is 0. The van der Waals surface area contributed by atoms with E-state index < -0.39 is 23.1 Å². The number of Topliss-reactive ketones (excluding diaryl/α,β-unsaturated/α-hetero) is 1. The van der Waals surface area contributed by atoms with E-state index in [4.69, 9.17) is 4.74 Å². The first kappa shape index (κ1) is 20.2. The van der Waals surface area contributed by atoms with Crippen LogP contribution >= 0.6 is 0 Å². The molecule has 6 nitrogen and oxygen atoms in total. The van der Waals surface area contributed by atoms with E-state index in [0.717, 1.165) is 11.3 Å². The molecule has 0 bridgehead atoms. The summed E-state index contributed by atoms with van der Waals surface area (Å²) < 4.78 is 21.4. The zero-order valence-electron chi connectivity index (χ0n) is 17.0. The average molecular weight is 387 g/mol. The van der Waals surface area contributed by atoms with Gasteiger partial charge in [-0.1, -0.05) is 32.9 Å². The number of rotatable bonds is 3. The monoisotopic (exact) mass is 387 g/mol. The maximum absolute atomic E-state index is 14.3. The normalized spacial score (nSPS) is 17.6. The molecule has 0 spiro atoms. The average Bonchev–Trinajstić information content (AvgIpc) is 2.94. The Balaban J connectivity index is 2.03. The molecule has 1 unspecified atom stereocenters. The van der Waals surface area contributed by atoms with Crippen molar-refractivity contribution in [2.24, 2.45) is 5.41 Å². The molecule has 28 heavy (non-hydrogen) atoms. The van der Waals surface area contributed by atoms with Crippen molar-refractivity contribution >= 4 is 11.7 Å². The maximum Gasteiger partial charge on any atom is 0.291 e. The van der Waals surface area contributed by atoms with Crippen molar-refractivity contribution in [2.75, 3.05) is 19.8 Å². The van der Waals surface area contributed by atoms with Gasteiger partial charge in [0.2, 0.25) is 5.78 Å². The second-order valence-corrected chi connectivity index (χ2v) is 8.12. The van der Waals surface area contributed by atoms with E-state index in [1.807, 2.05) is 13.8 Å². The molecule has 1 aliphatic heterocycles. The van der Waals surface area contributed by atoms with Crippen molar-refractivity contribution in [3.05, 3.63) is 47.0 Å². The van der Waals surface area contributed by atoms with Gasteiger partial charge in [0.05, 0.1) is 24.9 Å². The molecule has 0 aliphatic carbocycles. The van der Waals surface area contributed by atoms with Crippen LogP contribution in [0.25, 0.3) is 5.69 Å². The van der Waals surface area contributed by atoms with Crippen LogP contribution in [0, 0.1) is 25.1 Å². The first-order valence-corrected chi connectivity index (χ1v) is 9.37. The second-order valence-electron chi connectivity index (χ2n) is 8.12. The molecule has 2 heterocycles. The highest BCUT2D eigenvalue weighted by Crippen LogP contribution is 2.32. The Morgan fingerprint density at radius 1 is 1.21 bits per heavy atom. The molecule has 1 aromatic heterocycles. The van der Waals surface area contributed by atoms with E-state index in [9.17, 15) is 14.0 Å². The van der Waals surface area contributed by atoms with Gasteiger partial charge in [0, 0.05) is 23.2 Å². The predicted molar refractivity (Wildman–Crippen MR) is 103 cm³/mol. The van der Waals surface area contributed by atoms with Crippen LogP contribution in [-0.4, -0.2) is 46.1 Å². The highest BCUT2D eigenvalue weighted by Gasteiger charge is 2.39. The molecular weight excluding hydrogens is 361 g/mol. The molecule has 1 atom stereocenters. The number of aryl methyl sites for hydroxylation is 1. The number of aromatic nitrogens is 2. The van der Waals surface area contributed by atoms with Gasteiger partial charge in [0.1, 0.15) is 11.5 Å². The molecule has 0 N–H and O–H groups in total. The molecule has 0 saturated carbocycles. The number of ether oxygens (including phenoxy) is 1. The van der Waals surface area contributed by atoms with Crippen molar-refractivity contribution < 1.29 is 18.7 Å². The van der Waals surface area contributed by atoms with Gasteiger partial charge in [-0.25, -0.2) is 9.07 Å².